The summed E-state index contributed by atoms with van der Waals surface area (Å²) < 4.78 is 27.3. The Labute approximate surface area is 126 Å². The van der Waals surface area contributed by atoms with E-state index in [9.17, 15) is 13.2 Å². The summed E-state index contributed by atoms with van der Waals surface area (Å²) in [5.41, 5.74) is 0.235. The first-order chi connectivity index (χ1) is 9.44. The van der Waals surface area contributed by atoms with Gasteiger partial charge in [0, 0.05) is 10.5 Å². The van der Waals surface area contributed by atoms with E-state index in [0.29, 0.717) is 4.47 Å². The summed E-state index contributed by atoms with van der Waals surface area (Å²) >= 11 is 3.23. The number of hydrogen-bond donors (Lipinski definition) is 2. The number of benzene rings is 1. The van der Waals surface area contributed by atoms with Gasteiger partial charge in [-0.1, -0.05) is 5.92 Å². The third-order valence-electron chi connectivity index (χ3n) is 2.74. The first-order valence-electron chi connectivity index (χ1n) is 5.97. The number of nitrogens with one attached hydrogen (secondary N) is 2. The van der Waals surface area contributed by atoms with Crippen LogP contribution in [0.2, 0.25) is 0 Å². The topological polar surface area (TPSA) is 75.3 Å². The summed E-state index contributed by atoms with van der Waals surface area (Å²) in [5, 5.41) is 2.50. The predicted molar refractivity (Wildman–Crippen MR) is 78.7 cm³/mol. The van der Waals surface area contributed by atoms with Gasteiger partial charge in [0.05, 0.1) is 17.0 Å². The molecule has 0 atom stereocenters. The molecule has 0 unspecified atom stereocenters. The fraction of sp³-hybridized carbons (Fsp3) is 0.308. The highest BCUT2D eigenvalue weighted by Gasteiger charge is 2.28. The molecule has 1 aromatic carbocycles. The predicted octanol–water partition coefficient (Wildman–Crippen LogP) is 1.25. The molecular formula is C13H13BrN2O3S. The number of rotatable bonds is 5. The van der Waals surface area contributed by atoms with E-state index >= 15 is 0 Å². The largest absolute Gasteiger partial charge is 0.341 e. The van der Waals surface area contributed by atoms with E-state index in [2.05, 4.69) is 31.9 Å². The van der Waals surface area contributed by atoms with Gasteiger partial charge in [0.1, 0.15) is 0 Å². The van der Waals surface area contributed by atoms with Crippen molar-refractivity contribution in [1.82, 2.24) is 10.0 Å². The van der Waals surface area contributed by atoms with Crippen LogP contribution in [0.3, 0.4) is 0 Å². The van der Waals surface area contributed by atoms with Crippen LogP contribution in [-0.2, 0) is 10.0 Å². The normalized spacial score (nSPS) is 14.6. The molecular weight excluding hydrogens is 344 g/mol. The minimum Gasteiger partial charge on any atom is -0.341 e. The SMILES string of the molecule is C#CCNC(=O)c1cc(S(=O)(=O)NC2CC2)ccc1Br. The van der Waals surface area contributed by atoms with Crippen LogP contribution in [0.15, 0.2) is 27.6 Å². The van der Waals surface area contributed by atoms with E-state index in [1.807, 2.05) is 0 Å². The number of carbonyl (C=O) groups is 1. The zero-order valence-electron chi connectivity index (χ0n) is 10.5. The Morgan fingerprint density at radius 2 is 2.15 bits per heavy atom. The highest BCUT2D eigenvalue weighted by Crippen LogP contribution is 2.25. The van der Waals surface area contributed by atoms with Gasteiger partial charge in [-0.05, 0) is 47.0 Å². The summed E-state index contributed by atoms with van der Waals surface area (Å²) in [6, 6.07) is 4.34. The number of amides is 1. The monoisotopic (exact) mass is 356 g/mol. The molecule has 1 aliphatic rings. The van der Waals surface area contributed by atoms with Gasteiger partial charge in [-0.15, -0.1) is 6.42 Å². The molecule has 1 fully saturated rings. The molecule has 1 aliphatic carbocycles. The number of terminal acetylenes is 1. The third kappa shape index (κ3) is 3.60. The molecule has 0 bridgehead atoms. The van der Waals surface area contributed by atoms with E-state index in [4.69, 9.17) is 6.42 Å². The van der Waals surface area contributed by atoms with Gasteiger partial charge in [-0.3, -0.25) is 4.79 Å². The van der Waals surface area contributed by atoms with Crippen molar-refractivity contribution in [3.05, 3.63) is 28.2 Å². The minimum atomic E-state index is -3.58. The second-order valence-electron chi connectivity index (χ2n) is 4.42. The van der Waals surface area contributed by atoms with Crippen molar-refractivity contribution in [2.45, 2.75) is 23.8 Å². The fourth-order valence-corrected chi connectivity index (χ4v) is 3.32. The van der Waals surface area contributed by atoms with Crippen LogP contribution in [0.25, 0.3) is 0 Å². The molecule has 0 heterocycles. The van der Waals surface area contributed by atoms with Crippen molar-refractivity contribution in [2.75, 3.05) is 6.54 Å². The first kappa shape index (κ1) is 15.0. The molecule has 0 radical (unpaired) electrons. The van der Waals surface area contributed by atoms with Gasteiger partial charge in [0.25, 0.3) is 5.91 Å². The van der Waals surface area contributed by atoms with Crippen LogP contribution in [0, 0.1) is 12.3 Å². The van der Waals surface area contributed by atoms with Gasteiger partial charge in [0.2, 0.25) is 10.0 Å². The molecule has 5 nitrogen and oxygen atoms in total. The van der Waals surface area contributed by atoms with Crippen LogP contribution < -0.4 is 10.0 Å². The Morgan fingerprint density at radius 3 is 2.75 bits per heavy atom. The maximum atomic E-state index is 12.1. The molecule has 0 saturated heterocycles. The molecule has 7 heteroatoms. The quantitative estimate of drug-likeness (QED) is 0.779. The molecule has 0 spiro atoms. The van der Waals surface area contributed by atoms with E-state index in [1.54, 1.807) is 0 Å². The zero-order valence-corrected chi connectivity index (χ0v) is 12.9. The zero-order chi connectivity index (χ0) is 14.8. The van der Waals surface area contributed by atoms with Crippen molar-refractivity contribution < 1.29 is 13.2 Å². The number of sulfonamides is 1. The Balaban J connectivity index is 2.28. The van der Waals surface area contributed by atoms with Gasteiger partial charge in [-0.25, -0.2) is 13.1 Å². The highest BCUT2D eigenvalue weighted by atomic mass is 79.9. The second-order valence-corrected chi connectivity index (χ2v) is 6.99. The first-order valence-corrected chi connectivity index (χ1v) is 8.25. The van der Waals surface area contributed by atoms with Crippen molar-refractivity contribution in [3.63, 3.8) is 0 Å². The smallest absolute Gasteiger partial charge is 0.253 e. The van der Waals surface area contributed by atoms with Crippen LogP contribution in [0.5, 0.6) is 0 Å². The number of carbonyl (C=O) groups excluding carboxylic acids is 1. The minimum absolute atomic E-state index is 0.0161. The van der Waals surface area contributed by atoms with Gasteiger partial charge in [0.15, 0.2) is 0 Å². The molecule has 1 amide bonds. The molecule has 0 aliphatic heterocycles. The number of hydrogen-bond acceptors (Lipinski definition) is 3. The Hall–Kier alpha value is -1.36. The average molecular weight is 357 g/mol. The fourth-order valence-electron chi connectivity index (χ4n) is 1.56. The molecule has 1 saturated carbocycles. The molecule has 1 aromatic rings. The second kappa shape index (κ2) is 5.95. The molecule has 2 N–H and O–H groups in total. The van der Waals surface area contributed by atoms with Crippen LogP contribution in [0.4, 0.5) is 0 Å². The van der Waals surface area contributed by atoms with Crippen molar-refractivity contribution >= 4 is 31.9 Å². The van der Waals surface area contributed by atoms with Gasteiger partial charge < -0.3 is 5.32 Å². The van der Waals surface area contributed by atoms with Crippen LogP contribution >= 0.6 is 15.9 Å². The maximum Gasteiger partial charge on any atom is 0.253 e. The summed E-state index contributed by atoms with van der Waals surface area (Å²) in [6.45, 7) is 0.0859. The maximum absolute atomic E-state index is 12.1. The van der Waals surface area contributed by atoms with Gasteiger partial charge >= 0.3 is 0 Å². The molecule has 0 aromatic heterocycles. The van der Waals surface area contributed by atoms with E-state index < -0.39 is 15.9 Å². The van der Waals surface area contributed by atoms with Crippen molar-refractivity contribution in [1.29, 1.82) is 0 Å². The van der Waals surface area contributed by atoms with Crippen molar-refractivity contribution in [2.24, 2.45) is 0 Å². The Morgan fingerprint density at radius 1 is 1.45 bits per heavy atom. The molecule has 106 valence electrons. The summed E-state index contributed by atoms with van der Waals surface area (Å²) in [7, 11) is -3.58. The van der Waals surface area contributed by atoms with Crippen molar-refractivity contribution in [3.8, 4) is 12.3 Å². The lowest BCUT2D eigenvalue weighted by Gasteiger charge is -2.09. The van der Waals surface area contributed by atoms with E-state index in [0.717, 1.165) is 12.8 Å². The molecule has 2 rings (SSSR count). The summed E-state index contributed by atoms with van der Waals surface area (Å²) in [4.78, 5) is 12.0. The lowest BCUT2D eigenvalue weighted by molar-refractivity contribution is 0.0957. The lowest BCUT2D eigenvalue weighted by atomic mass is 10.2. The Kier molecular flexibility index (Phi) is 4.48. The summed E-state index contributed by atoms with van der Waals surface area (Å²) in [5.74, 6) is 1.87. The lowest BCUT2D eigenvalue weighted by Crippen LogP contribution is -2.27. The Bertz CT molecular complexity index is 675. The van der Waals surface area contributed by atoms with Gasteiger partial charge in [-0.2, -0.15) is 0 Å². The standard InChI is InChI=1S/C13H13BrN2O3S/c1-2-7-15-13(17)11-8-10(5-6-12(11)14)20(18,19)16-9-3-4-9/h1,5-6,8-9,16H,3-4,7H2,(H,15,17). The highest BCUT2D eigenvalue weighted by molar-refractivity contribution is 9.10. The van der Waals surface area contributed by atoms with Crippen LogP contribution in [0.1, 0.15) is 23.2 Å². The van der Waals surface area contributed by atoms with Crippen LogP contribution in [-0.4, -0.2) is 26.9 Å². The molecule has 20 heavy (non-hydrogen) atoms. The average Bonchev–Trinajstić information content (AvgIpc) is 3.19. The van der Waals surface area contributed by atoms with E-state index in [-0.39, 0.29) is 23.0 Å². The number of halogens is 1. The van der Waals surface area contributed by atoms with E-state index in [1.165, 1.54) is 18.2 Å². The third-order valence-corrected chi connectivity index (χ3v) is 4.95. The summed E-state index contributed by atoms with van der Waals surface area (Å²) in [6.07, 6.45) is 6.78.